The molecule has 0 aliphatic rings. The molecule has 0 heterocycles. The van der Waals surface area contributed by atoms with Crippen LogP contribution in [0.25, 0.3) is 0 Å². The van der Waals surface area contributed by atoms with Gasteiger partial charge in [0.05, 0.1) is 0 Å². The van der Waals surface area contributed by atoms with Crippen molar-refractivity contribution in [1.29, 1.82) is 0 Å². The van der Waals surface area contributed by atoms with Gasteiger partial charge in [-0.25, -0.2) is 4.79 Å². The average Bonchev–Trinajstić information content (AvgIpc) is 2.69. The molecule has 2 amide bonds. The SMILES string of the molecule is Cc1ccc(C)c(NC(=O)[C@H](C)OC(=O)[C@H](C)NC(=O)c2ccc(C(C)(C)C)cc2)c1. The molecule has 2 N–H and O–H groups in total. The van der Waals surface area contributed by atoms with Crippen molar-refractivity contribution in [3.63, 3.8) is 0 Å². The summed E-state index contributed by atoms with van der Waals surface area (Å²) < 4.78 is 5.25. The summed E-state index contributed by atoms with van der Waals surface area (Å²) in [7, 11) is 0. The maximum absolute atomic E-state index is 12.5. The first-order valence-electron chi connectivity index (χ1n) is 10.4. The summed E-state index contributed by atoms with van der Waals surface area (Å²) in [6.07, 6.45) is -1.00. The number of carbonyl (C=O) groups excluding carboxylic acids is 3. The number of aryl methyl sites for hydroxylation is 2. The highest BCUT2D eigenvalue weighted by molar-refractivity contribution is 5.98. The van der Waals surface area contributed by atoms with Crippen molar-refractivity contribution < 1.29 is 19.1 Å². The highest BCUT2D eigenvalue weighted by Crippen LogP contribution is 2.22. The first-order chi connectivity index (χ1) is 14.4. The van der Waals surface area contributed by atoms with E-state index in [1.807, 2.05) is 44.2 Å². The number of nitrogens with one attached hydrogen (secondary N) is 2. The van der Waals surface area contributed by atoms with Crippen molar-refractivity contribution in [3.8, 4) is 0 Å². The lowest BCUT2D eigenvalue weighted by Crippen LogP contribution is -2.42. The van der Waals surface area contributed by atoms with Gasteiger partial charge in [-0.05, 0) is 68.0 Å². The molecule has 2 rings (SSSR count). The Morgan fingerprint density at radius 1 is 0.935 bits per heavy atom. The largest absolute Gasteiger partial charge is 0.451 e. The third-order valence-electron chi connectivity index (χ3n) is 5.03. The molecule has 0 unspecified atom stereocenters. The van der Waals surface area contributed by atoms with Gasteiger partial charge in [-0.15, -0.1) is 0 Å². The third kappa shape index (κ3) is 6.67. The number of benzene rings is 2. The zero-order valence-corrected chi connectivity index (χ0v) is 19.3. The predicted octanol–water partition coefficient (Wildman–Crippen LogP) is 4.29. The van der Waals surface area contributed by atoms with Crippen LogP contribution in [0.2, 0.25) is 0 Å². The molecule has 2 aromatic carbocycles. The minimum absolute atomic E-state index is 0.0141. The van der Waals surface area contributed by atoms with Crippen LogP contribution < -0.4 is 10.6 Å². The predicted molar refractivity (Wildman–Crippen MR) is 122 cm³/mol. The minimum Gasteiger partial charge on any atom is -0.451 e. The van der Waals surface area contributed by atoms with Gasteiger partial charge in [0.15, 0.2) is 6.10 Å². The molecule has 6 nitrogen and oxygen atoms in total. The van der Waals surface area contributed by atoms with Crippen LogP contribution in [0.1, 0.15) is 61.7 Å². The number of hydrogen-bond acceptors (Lipinski definition) is 4. The van der Waals surface area contributed by atoms with Crippen molar-refractivity contribution in [2.75, 3.05) is 5.32 Å². The van der Waals surface area contributed by atoms with Gasteiger partial charge < -0.3 is 15.4 Å². The molecule has 0 aliphatic heterocycles. The fourth-order valence-corrected chi connectivity index (χ4v) is 2.90. The van der Waals surface area contributed by atoms with Gasteiger partial charge in [-0.2, -0.15) is 0 Å². The molecule has 0 saturated carbocycles. The molecule has 0 fully saturated rings. The zero-order chi connectivity index (χ0) is 23.3. The number of hydrogen-bond donors (Lipinski definition) is 2. The fourth-order valence-electron chi connectivity index (χ4n) is 2.90. The van der Waals surface area contributed by atoms with Gasteiger partial charge in [0, 0.05) is 11.3 Å². The Labute approximate surface area is 184 Å². The van der Waals surface area contributed by atoms with Crippen LogP contribution >= 0.6 is 0 Å². The van der Waals surface area contributed by atoms with Crippen LogP contribution in [-0.2, 0) is 19.7 Å². The second kappa shape index (κ2) is 9.77. The van der Waals surface area contributed by atoms with E-state index < -0.39 is 24.0 Å². The molecule has 0 radical (unpaired) electrons. The van der Waals surface area contributed by atoms with Gasteiger partial charge in [0.1, 0.15) is 6.04 Å². The maximum atomic E-state index is 12.5. The Bertz CT molecular complexity index is 958. The Kier molecular flexibility index (Phi) is 7.60. The van der Waals surface area contributed by atoms with E-state index >= 15 is 0 Å². The van der Waals surface area contributed by atoms with Crippen LogP contribution in [0, 0.1) is 13.8 Å². The van der Waals surface area contributed by atoms with Crippen molar-refractivity contribution >= 4 is 23.5 Å². The Hall–Kier alpha value is -3.15. The van der Waals surface area contributed by atoms with Crippen molar-refractivity contribution in [2.24, 2.45) is 0 Å². The number of carbonyl (C=O) groups is 3. The molecular formula is C25H32N2O4. The molecule has 0 aliphatic carbocycles. The molecule has 2 aromatic rings. The number of anilines is 1. The summed E-state index contributed by atoms with van der Waals surface area (Å²) in [5, 5.41) is 5.40. The molecule has 0 spiro atoms. The van der Waals surface area contributed by atoms with E-state index in [9.17, 15) is 14.4 Å². The maximum Gasteiger partial charge on any atom is 0.329 e. The minimum atomic E-state index is -1.00. The van der Waals surface area contributed by atoms with Gasteiger partial charge in [-0.3, -0.25) is 9.59 Å². The Morgan fingerprint density at radius 2 is 1.55 bits per heavy atom. The average molecular weight is 425 g/mol. The fraction of sp³-hybridized carbons (Fsp3) is 0.400. The summed E-state index contributed by atoms with van der Waals surface area (Å²) >= 11 is 0. The van der Waals surface area contributed by atoms with E-state index in [0.717, 1.165) is 16.7 Å². The normalized spacial score (nSPS) is 13.1. The molecule has 166 valence electrons. The van der Waals surface area contributed by atoms with E-state index in [4.69, 9.17) is 4.74 Å². The summed E-state index contributed by atoms with van der Waals surface area (Å²) in [5.41, 5.74) is 4.15. The van der Waals surface area contributed by atoms with E-state index in [-0.39, 0.29) is 11.3 Å². The number of rotatable bonds is 6. The monoisotopic (exact) mass is 424 g/mol. The topological polar surface area (TPSA) is 84.5 Å². The van der Waals surface area contributed by atoms with Crippen LogP contribution in [-0.4, -0.2) is 29.9 Å². The summed E-state index contributed by atoms with van der Waals surface area (Å²) in [5.74, 6) is -1.49. The third-order valence-corrected chi connectivity index (χ3v) is 5.03. The lowest BCUT2D eigenvalue weighted by atomic mass is 9.86. The molecule has 6 heteroatoms. The molecule has 0 bridgehead atoms. The number of amides is 2. The summed E-state index contributed by atoms with van der Waals surface area (Å²) in [6.45, 7) is 13.1. The van der Waals surface area contributed by atoms with Crippen LogP contribution in [0.4, 0.5) is 5.69 Å². The highest BCUT2D eigenvalue weighted by Gasteiger charge is 2.24. The van der Waals surface area contributed by atoms with Gasteiger partial charge in [-0.1, -0.05) is 45.0 Å². The van der Waals surface area contributed by atoms with Gasteiger partial charge in [0.2, 0.25) is 0 Å². The van der Waals surface area contributed by atoms with Crippen LogP contribution in [0.5, 0.6) is 0 Å². The standard InChI is InChI=1S/C25H32N2O4/c1-15-8-9-16(2)21(14-15)27-22(28)18(4)31-24(30)17(3)26-23(29)19-10-12-20(13-11-19)25(5,6)7/h8-14,17-18H,1-7H3,(H,26,29)(H,27,28)/t17-,18-/m0/s1. The van der Waals surface area contributed by atoms with Crippen molar-refractivity contribution in [2.45, 2.75) is 66.0 Å². The quantitative estimate of drug-likeness (QED) is 0.678. The van der Waals surface area contributed by atoms with E-state index in [0.29, 0.717) is 11.3 Å². The second-order valence-corrected chi connectivity index (χ2v) is 8.91. The van der Waals surface area contributed by atoms with Crippen LogP contribution in [0.15, 0.2) is 42.5 Å². The molecule has 0 aromatic heterocycles. The highest BCUT2D eigenvalue weighted by atomic mass is 16.5. The first kappa shape index (κ1) is 24.1. The van der Waals surface area contributed by atoms with Crippen molar-refractivity contribution in [1.82, 2.24) is 5.32 Å². The van der Waals surface area contributed by atoms with E-state index in [2.05, 4.69) is 31.4 Å². The zero-order valence-electron chi connectivity index (χ0n) is 19.3. The summed E-state index contributed by atoms with van der Waals surface area (Å²) in [6, 6.07) is 12.1. The first-order valence-corrected chi connectivity index (χ1v) is 10.4. The second-order valence-electron chi connectivity index (χ2n) is 8.91. The van der Waals surface area contributed by atoms with E-state index in [1.165, 1.54) is 13.8 Å². The molecular weight excluding hydrogens is 392 g/mol. The smallest absolute Gasteiger partial charge is 0.329 e. The number of esters is 1. The van der Waals surface area contributed by atoms with Crippen molar-refractivity contribution in [3.05, 3.63) is 64.7 Å². The lowest BCUT2D eigenvalue weighted by Gasteiger charge is -2.20. The lowest BCUT2D eigenvalue weighted by molar-refractivity contribution is -0.154. The Balaban J connectivity index is 1.92. The molecule has 2 atom stereocenters. The molecule has 31 heavy (non-hydrogen) atoms. The number of ether oxygens (including phenoxy) is 1. The Morgan fingerprint density at radius 3 is 2.13 bits per heavy atom. The molecule has 0 saturated heterocycles. The van der Waals surface area contributed by atoms with Crippen LogP contribution in [0.3, 0.4) is 0 Å². The van der Waals surface area contributed by atoms with Gasteiger partial charge in [0.25, 0.3) is 11.8 Å². The van der Waals surface area contributed by atoms with E-state index in [1.54, 1.807) is 12.1 Å². The van der Waals surface area contributed by atoms with Gasteiger partial charge >= 0.3 is 5.97 Å². The summed E-state index contributed by atoms with van der Waals surface area (Å²) in [4.78, 5) is 37.2.